The maximum atomic E-state index is 4.63. The average Bonchev–Trinajstić information content (AvgIpc) is 2.90. The molecular formula is C21H15N. The Bertz CT molecular complexity index is 1060. The van der Waals surface area contributed by atoms with Crippen molar-refractivity contribution in [3.63, 3.8) is 0 Å². The first-order valence-corrected chi connectivity index (χ1v) is 7.70. The van der Waals surface area contributed by atoms with Gasteiger partial charge in [-0.15, -0.1) is 0 Å². The predicted octanol–water partition coefficient (Wildman–Crippen LogP) is 5.27. The Labute approximate surface area is 129 Å². The fourth-order valence-corrected chi connectivity index (χ4v) is 3.64. The van der Waals surface area contributed by atoms with E-state index in [-0.39, 0.29) is 0 Å². The van der Waals surface area contributed by atoms with Crippen LogP contribution in [-0.2, 0) is 6.42 Å². The van der Waals surface area contributed by atoms with Gasteiger partial charge in [0.15, 0.2) is 0 Å². The highest BCUT2D eigenvalue weighted by atomic mass is 14.7. The van der Waals surface area contributed by atoms with Crippen LogP contribution in [0, 0.1) is 6.92 Å². The second kappa shape index (κ2) is 4.17. The van der Waals surface area contributed by atoms with Crippen LogP contribution in [0.5, 0.6) is 0 Å². The summed E-state index contributed by atoms with van der Waals surface area (Å²) < 4.78 is 0. The first-order chi connectivity index (χ1) is 10.8. The number of fused-ring (bicyclic) bond motifs is 5. The van der Waals surface area contributed by atoms with Crippen LogP contribution < -0.4 is 0 Å². The molecule has 0 fully saturated rings. The topological polar surface area (TPSA) is 12.9 Å². The number of nitrogens with zero attached hydrogens (tertiary/aromatic N) is 1. The van der Waals surface area contributed by atoms with E-state index in [1.165, 1.54) is 49.5 Å². The number of pyridine rings is 1. The lowest BCUT2D eigenvalue weighted by Crippen LogP contribution is -1.87. The van der Waals surface area contributed by atoms with E-state index in [4.69, 9.17) is 0 Å². The fraction of sp³-hybridized carbons (Fsp3) is 0.0952. The summed E-state index contributed by atoms with van der Waals surface area (Å²) in [4.78, 5) is 4.63. The molecule has 0 bridgehead atoms. The number of aromatic nitrogens is 1. The standard InChI is InChI=1S/C21H15N/c1-13-6-7-22-21-19(13)12-18-10-16-8-14-4-2-3-5-15(14)9-17(16)11-20(18)21/h2-11H,12H2,1H3. The van der Waals surface area contributed by atoms with Crippen LogP contribution in [-0.4, -0.2) is 4.98 Å². The fourth-order valence-electron chi connectivity index (χ4n) is 3.64. The minimum absolute atomic E-state index is 1.01. The van der Waals surface area contributed by atoms with Gasteiger partial charge >= 0.3 is 0 Å². The van der Waals surface area contributed by atoms with E-state index in [0.717, 1.165) is 6.42 Å². The van der Waals surface area contributed by atoms with Crippen molar-refractivity contribution >= 4 is 21.5 Å². The number of rotatable bonds is 0. The van der Waals surface area contributed by atoms with Gasteiger partial charge in [0, 0.05) is 18.2 Å². The molecule has 0 saturated carbocycles. The third kappa shape index (κ3) is 1.57. The summed E-state index contributed by atoms with van der Waals surface area (Å²) in [6.45, 7) is 2.18. The molecule has 5 rings (SSSR count). The molecule has 104 valence electrons. The molecule has 0 aliphatic heterocycles. The first-order valence-electron chi connectivity index (χ1n) is 7.70. The lowest BCUT2D eigenvalue weighted by molar-refractivity contribution is 1.18. The summed E-state index contributed by atoms with van der Waals surface area (Å²) in [6, 6.07) is 19.9. The normalized spacial score (nSPS) is 12.6. The van der Waals surface area contributed by atoms with E-state index in [9.17, 15) is 0 Å². The van der Waals surface area contributed by atoms with Crippen LogP contribution in [0.1, 0.15) is 16.7 Å². The molecule has 22 heavy (non-hydrogen) atoms. The zero-order chi connectivity index (χ0) is 14.7. The smallest absolute Gasteiger partial charge is 0.0743 e. The van der Waals surface area contributed by atoms with Gasteiger partial charge in [-0.25, -0.2) is 0 Å². The lowest BCUT2D eigenvalue weighted by atomic mass is 9.99. The highest BCUT2D eigenvalue weighted by Gasteiger charge is 2.21. The zero-order valence-corrected chi connectivity index (χ0v) is 12.4. The highest BCUT2D eigenvalue weighted by molar-refractivity contribution is 6.01. The van der Waals surface area contributed by atoms with Crippen molar-refractivity contribution in [2.75, 3.05) is 0 Å². The van der Waals surface area contributed by atoms with E-state index in [1.807, 2.05) is 6.20 Å². The molecule has 4 aromatic rings. The van der Waals surface area contributed by atoms with Crippen LogP contribution >= 0.6 is 0 Å². The van der Waals surface area contributed by atoms with Crippen molar-refractivity contribution in [2.24, 2.45) is 0 Å². The molecule has 0 atom stereocenters. The summed E-state index contributed by atoms with van der Waals surface area (Å²) in [6.07, 6.45) is 2.93. The third-order valence-electron chi connectivity index (χ3n) is 4.84. The molecule has 1 aliphatic rings. The number of aryl methyl sites for hydroxylation is 1. The van der Waals surface area contributed by atoms with Gasteiger partial charge in [-0.3, -0.25) is 4.98 Å². The summed E-state index contributed by atoms with van der Waals surface area (Å²) >= 11 is 0. The molecule has 1 nitrogen and oxygen atoms in total. The van der Waals surface area contributed by atoms with E-state index in [0.29, 0.717) is 0 Å². The Morgan fingerprint density at radius 2 is 1.55 bits per heavy atom. The molecule has 0 saturated heterocycles. The molecule has 0 radical (unpaired) electrons. The van der Waals surface area contributed by atoms with Crippen LogP contribution in [0.4, 0.5) is 0 Å². The average molecular weight is 281 g/mol. The van der Waals surface area contributed by atoms with Crippen LogP contribution in [0.2, 0.25) is 0 Å². The molecular weight excluding hydrogens is 266 g/mol. The number of benzene rings is 3. The minimum Gasteiger partial charge on any atom is -0.256 e. The molecule has 0 N–H and O–H groups in total. The third-order valence-corrected chi connectivity index (χ3v) is 4.84. The van der Waals surface area contributed by atoms with Crippen LogP contribution in [0.25, 0.3) is 32.8 Å². The summed E-state index contributed by atoms with van der Waals surface area (Å²) in [5, 5.41) is 5.22. The van der Waals surface area contributed by atoms with Gasteiger partial charge in [0.1, 0.15) is 0 Å². The second-order valence-electron chi connectivity index (χ2n) is 6.19. The SMILES string of the molecule is Cc1ccnc2c1Cc1cc3cc4ccccc4cc3cc1-2. The van der Waals surface area contributed by atoms with Gasteiger partial charge in [-0.05, 0) is 69.4 Å². The van der Waals surface area contributed by atoms with E-state index < -0.39 is 0 Å². The summed E-state index contributed by atoms with van der Waals surface area (Å²) in [7, 11) is 0. The van der Waals surface area contributed by atoms with Crippen molar-refractivity contribution in [2.45, 2.75) is 13.3 Å². The van der Waals surface area contributed by atoms with Gasteiger partial charge in [-0.1, -0.05) is 30.3 Å². The molecule has 0 spiro atoms. The maximum Gasteiger partial charge on any atom is 0.0743 e. The minimum atomic E-state index is 1.01. The van der Waals surface area contributed by atoms with Crippen molar-refractivity contribution in [1.82, 2.24) is 4.98 Å². The van der Waals surface area contributed by atoms with Crippen molar-refractivity contribution < 1.29 is 0 Å². The number of hydrogen-bond donors (Lipinski definition) is 0. The zero-order valence-electron chi connectivity index (χ0n) is 12.4. The Morgan fingerprint density at radius 1 is 0.818 bits per heavy atom. The largest absolute Gasteiger partial charge is 0.256 e. The molecule has 1 aliphatic carbocycles. The molecule has 0 unspecified atom stereocenters. The van der Waals surface area contributed by atoms with E-state index in [1.54, 1.807) is 0 Å². The van der Waals surface area contributed by atoms with E-state index in [2.05, 4.69) is 66.5 Å². The van der Waals surface area contributed by atoms with Crippen molar-refractivity contribution in [3.8, 4) is 11.3 Å². The Balaban J connectivity index is 1.84. The van der Waals surface area contributed by atoms with Gasteiger partial charge < -0.3 is 0 Å². The van der Waals surface area contributed by atoms with Crippen molar-refractivity contribution in [3.05, 3.63) is 77.5 Å². The van der Waals surface area contributed by atoms with E-state index >= 15 is 0 Å². The van der Waals surface area contributed by atoms with Gasteiger partial charge in [0.2, 0.25) is 0 Å². The predicted molar refractivity (Wildman–Crippen MR) is 92.2 cm³/mol. The Kier molecular flexibility index (Phi) is 2.26. The monoisotopic (exact) mass is 281 g/mol. The van der Waals surface area contributed by atoms with Gasteiger partial charge in [-0.2, -0.15) is 0 Å². The molecule has 3 aromatic carbocycles. The molecule has 1 heterocycles. The quantitative estimate of drug-likeness (QED) is 0.352. The molecule has 1 aromatic heterocycles. The Hall–Kier alpha value is -2.67. The Morgan fingerprint density at radius 3 is 2.32 bits per heavy atom. The van der Waals surface area contributed by atoms with Crippen LogP contribution in [0.3, 0.4) is 0 Å². The first kappa shape index (κ1) is 11.9. The molecule has 1 heteroatoms. The van der Waals surface area contributed by atoms with Crippen molar-refractivity contribution in [1.29, 1.82) is 0 Å². The lowest BCUT2D eigenvalue weighted by Gasteiger charge is -2.06. The highest BCUT2D eigenvalue weighted by Crippen LogP contribution is 2.39. The summed E-state index contributed by atoms with van der Waals surface area (Å²) in [5.74, 6) is 0. The summed E-state index contributed by atoms with van der Waals surface area (Å²) in [5.41, 5.74) is 6.61. The van der Waals surface area contributed by atoms with Crippen LogP contribution in [0.15, 0.2) is 60.8 Å². The van der Waals surface area contributed by atoms with Gasteiger partial charge in [0.25, 0.3) is 0 Å². The second-order valence-corrected chi connectivity index (χ2v) is 6.19. The maximum absolute atomic E-state index is 4.63. The number of hydrogen-bond acceptors (Lipinski definition) is 1. The molecule has 0 amide bonds. The van der Waals surface area contributed by atoms with Gasteiger partial charge in [0.05, 0.1) is 5.69 Å².